The van der Waals surface area contributed by atoms with E-state index in [4.69, 9.17) is 16.3 Å². The van der Waals surface area contributed by atoms with E-state index < -0.39 is 23.5 Å². The Bertz CT molecular complexity index is 604. The van der Waals surface area contributed by atoms with Crippen LogP contribution in [0.15, 0.2) is 36.1 Å². The fraction of sp³-hybridized carbons (Fsp3) is 0.267. The maximum Gasteiger partial charge on any atom is 0.329 e. The predicted octanol–water partition coefficient (Wildman–Crippen LogP) is 2.49. The maximum atomic E-state index is 12.0. The van der Waals surface area contributed by atoms with Gasteiger partial charge in [0.05, 0.1) is 0 Å². The largest absolute Gasteiger partial charge is 0.430 e. The third-order valence-electron chi connectivity index (χ3n) is 3.05. The standard InChI is InChI=1S/C15H13ClO4/c1-9-8-13(18)14(15(19)20-9)12(17)7-6-10-4-2-3-5-11(10)16/h2-5,8,14H,6-7H2,1H3. The summed E-state index contributed by atoms with van der Waals surface area (Å²) in [6.45, 7) is 1.50. The van der Waals surface area contributed by atoms with Crippen LogP contribution < -0.4 is 0 Å². The molecule has 1 unspecified atom stereocenters. The van der Waals surface area contributed by atoms with Crippen molar-refractivity contribution >= 4 is 29.1 Å². The van der Waals surface area contributed by atoms with E-state index in [1.165, 1.54) is 13.0 Å². The number of esters is 1. The van der Waals surface area contributed by atoms with E-state index in [0.717, 1.165) is 5.56 Å². The lowest BCUT2D eigenvalue weighted by Crippen LogP contribution is -2.35. The molecule has 0 N–H and O–H groups in total. The molecule has 0 amide bonds. The fourth-order valence-electron chi connectivity index (χ4n) is 2.04. The lowest BCUT2D eigenvalue weighted by molar-refractivity contribution is -0.152. The molecule has 4 nitrogen and oxygen atoms in total. The molecule has 104 valence electrons. The van der Waals surface area contributed by atoms with E-state index in [0.29, 0.717) is 11.4 Å². The Morgan fingerprint density at radius 1 is 1.30 bits per heavy atom. The summed E-state index contributed by atoms with van der Waals surface area (Å²) in [4.78, 5) is 35.3. The Morgan fingerprint density at radius 3 is 2.65 bits per heavy atom. The quantitative estimate of drug-likeness (QED) is 0.632. The van der Waals surface area contributed by atoms with Crippen LogP contribution in [0.5, 0.6) is 0 Å². The highest BCUT2D eigenvalue weighted by atomic mass is 35.5. The second-order valence-corrected chi connectivity index (χ2v) is 4.98. The van der Waals surface area contributed by atoms with Crippen molar-refractivity contribution in [1.82, 2.24) is 0 Å². The molecular weight excluding hydrogens is 280 g/mol. The minimum Gasteiger partial charge on any atom is -0.430 e. The summed E-state index contributed by atoms with van der Waals surface area (Å²) in [5.74, 6) is -2.86. The number of Topliss-reactive ketones (excluding diaryl/α,β-unsaturated/α-hetero) is 1. The van der Waals surface area contributed by atoms with Crippen LogP contribution in [0, 0.1) is 5.92 Å². The first-order chi connectivity index (χ1) is 9.49. The molecule has 20 heavy (non-hydrogen) atoms. The highest BCUT2D eigenvalue weighted by Gasteiger charge is 2.36. The van der Waals surface area contributed by atoms with Crippen LogP contribution in [0.3, 0.4) is 0 Å². The third-order valence-corrected chi connectivity index (χ3v) is 3.42. The number of hydrogen-bond donors (Lipinski definition) is 0. The zero-order valence-corrected chi connectivity index (χ0v) is 11.6. The number of rotatable bonds is 4. The Labute approximate surface area is 121 Å². The SMILES string of the molecule is CC1=CC(=O)C(C(=O)CCc2ccccc2Cl)C(=O)O1. The molecule has 5 heteroatoms. The Balaban J connectivity index is 2.04. The minimum absolute atomic E-state index is 0.0716. The van der Waals surface area contributed by atoms with Gasteiger partial charge in [-0.25, -0.2) is 0 Å². The molecule has 0 saturated heterocycles. The van der Waals surface area contributed by atoms with Crippen molar-refractivity contribution in [2.75, 3.05) is 0 Å². The summed E-state index contributed by atoms with van der Waals surface area (Å²) in [5.41, 5.74) is 0.811. The van der Waals surface area contributed by atoms with Gasteiger partial charge in [0.25, 0.3) is 0 Å². The van der Waals surface area contributed by atoms with Gasteiger partial charge in [0, 0.05) is 17.5 Å². The molecule has 0 spiro atoms. The van der Waals surface area contributed by atoms with Gasteiger partial charge < -0.3 is 4.74 Å². The molecule has 1 aromatic rings. The van der Waals surface area contributed by atoms with Crippen molar-refractivity contribution in [1.29, 1.82) is 0 Å². The van der Waals surface area contributed by atoms with Crippen LogP contribution in [0.4, 0.5) is 0 Å². The second kappa shape index (κ2) is 6.01. The topological polar surface area (TPSA) is 60.4 Å². The predicted molar refractivity (Wildman–Crippen MR) is 73.1 cm³/mol. The van der Waals surface area contributed by atoms with Crippen molar-refractivity contribution in [3.05, 3.63) is 46.7 Å². The van der Waals surface area contributed by atoms with Crippen molar-refractivity contribution < 1.29 is 19.1 Å². The summed E-state index contributed by atoms with van der Waals surface area (Å²) < 4.78 is 4.82. The lowest BCUT2D eigenvalue weighted by Gasteiger charge is -2.17. The summed E-state index contributed by atoms with van der Waals surface area (Å²) in [5, 5.41) is 0.564. The first-order valence-electron chi connectivity index (χ1n) is 6.19. The van der Waals surface area contributed by atoms with Gasteiger partial charge in [-0.3, -0.25) is 14.4 Å². The molecule has 1 aliphatic rings. The fourth-order valence-corrected chi connectivity index (χ4v) is 2.27. The van der Waals surface area contributed by atoms with Gasteiger partial charge in [-0.1, -0.05) is 29.8 Å². The first kappa shape index (κ1) is 14.5. The number of cyclic esters (lactones) is 1. The Morgan fingerprint density at radius 2 is 2.00 bits per heavy atom. The molecule has 2 rings (SSSR count). The molecule has 0 bridgehead atoms. The number of allylic oxidation sites excluding steroid dienone is 2. The first-order valence-corrected chi connectivity index (χ1v) is 6.57. The zero-order valence-electron chi connectivity index (χ0n) is 10.9. The molecular formula is C15H13ClO4. The zero-order chi connectivity index (χ0) is 14.7. The highest BCUT2D eigenvalue weighted by Crippen LogP contribution is 2.20. The van der Waals surface area contributed by atoms with Gasteiger partial charge in [-0.05, 0) is 25.0 Å². The Kier molecular flexibility index (Phi) is 4.35. The van der Waals surface area contributed by atoms with Crippen LogP contribution >= 0.6 is 11.6 Å². The molecule has 1 heterocycles. The van der Waals surface area contributed by atoms with E-state index in [1.54, 1.807) is 18.2 Å². The number of ether oxygens (including phenoxy) is 1. The second-order valence-electron chi connectivity index (χ2n) is 4.57. The minimum atomic E-state index is -1.33. The lowest BCUT2D eigenvalue weighted by atomic mass is 9.92. The summed E-state index contributed by atoms with van der Waals surface area (Å²) in [7, 11) is 0. The molecule has 1 aliphatic heterocycles. The number of benzene rings is 1. The van der Waals surface area contributed by atoms with Gasteiger partial charge >= 0.3 is 5.97 Å². The summed E-state index contributed by atoms with van der Waals surface area (Å²) in [6, 6.07) is 7.15. The summed E-state index contributed by atoms with van der Waals surface area (Å²) >= 11 is 5.99. The maximum absolute atomic E-state index is 12.0. The van der Waals surface area contributed by atoms with Gasteiger partial charge in [0.2, 0.25) is 0 Å². The average Bonchev–Trinajstić information content (AvgIpc) is 2.36. The molecule has 1 aromatic carbocycles. The van der Waals surface area contributed by atoms with Crippen LogP contribution in [-0.4, -0.2) is 17.5 Å². The van der Waals surface area contributed by atoms with Crippen molar-refractivity contribution in [3.8, 4) is 0 Å². The molecule has 0 radical (unpaired) electrons. The summed E-state index contributed by atoms with van der Waals surface area (Å²) in [6.07, 6.45) is 1.64. The van der Waals surface area contributed by atoms with Gasteiger partial charge in [0.15, 0.2) is 17.5 Å². The van der Waals surface area contributed by atoms with Gasteiger partial charge in [0.1, 0.15) is 5.76 Å². The molecule has 0 saturated carbocycles. The van der Waals surface area contributed by atoms with Crippen LogP contribution in [0.1, 0.15) is 18.9 Å². The number of carbonyl (C=O) groups is 3. The molecule has 0 aromatic heterocycles. The molecule has 0 fully saturated rings. The number of hydrogen-bond acceptors (Lipinski definition) is 4. The van der Waals surface area contributed by atoms with E-state index in [1.807, 2.05) is 6.07 Å². The number of aryl methyl sites for hydroxylation is 1. The molecule has 0 aliphatic carbocycles. The van der Waals surface area contributed by atoms with Crippen LogP contribution in [0.25, 0.3) is 0 Å². The number of ketones is 2. The van der Waals surface area contributed by atoms with E-state index in [2.05, 4.69) is 0 Å². The normalized spacial score (nSPS) is 18.5. The van der Waals surface area contributed by atoms with Gasteiger partial charge in [-0.15, -0.1) is 0 Å². The van der Waals surface area contributed by atoms with Crippen LogP contribution in [-0.2, 0) is 25.5 Å². The van der Waals surface area contributed by atoms with Crippen LogP contribution in [0.2, 0.25) is 5.02 Å². The third kappa shape index (κ3) is 3.14. The van der Waals surface area contributed by atoms with E-state index in [9.17, 15) is 14.4 Å². The van der Waals surface area contributed by atoms with E-state index in [-0.39, 0.29) is 12.2 Å². The number of carbonyl (C=O) groups excluding carboxylic acids is 3. The average molecular weight is 293 g/mol. The van der Waals surface area contributed by atoms with E-state index >= 15 is 0 Å². The van der Waals surface area contributed by atoms with Crippen molar-refractivity contribution in [2.45, 2.75) is 19.8 Å². The van der Waals surface area contributed by atoms with Crippen molar-refractivity contribution in [3.63, 3.8) is 0 Å². The van der Waals surface area contributed by atoms with Crippen molar-refractivity contribution in [2.24, 2.45) is 5.92 Å². The Hall–Kier alpha value is -1.94. The van der Waals surface area contributed by atoms with Gasteiger partial charge in [-0.2, -0.15) is 0 Å². The monoisotopic (exact) mass is 292 g/mol. The highest BCUT2D eigenvalue weighted by molar-refractivity contribution is 6.31. The smallest absolute Gasteiger partial charge is 0.329 e. The number of halogens is 1. The molecule has 1 atom stereocenters.